The van der Waals surface area contributed by atoms with Crippen LogP contribution in [0.2, 0.25) is 24.7 Å². The first-order valence-corrected chi connectivity index (χ1v) is 9.99. The number of benzene rings is 1. The van der Waals surface area contributed by atoms with Crippen LogP contribution in [-0.4, -0.2) is 14.7 Å². The highest BCUT2D eigenvalue weighted by Crippen LogP contribution is 2.30. The summed E-state index contributed by atoms with van der Waals surface area (Å²) in [6.45, 7) is 7.15. The molecule has 0 heterocycles. The third-order valence-electron chi connectivity index (χ3n) is 1.93. The van der Waals surface area contributed by atoms with Crippen molar-refractivity contribution in [1.29, 1.82) is 0 Å². The molecule has 0 aliphatic rings. The van der Waals surface area contributed by atoms with Gasteiger partial charge in [-0.15, -0.1) is 0 Å². The Bertz CT molecular complexity index is 429. The zero-order valence-electron chi connectivity index (χ0n) is 10.1. The lowest BCUT2D eigenvalue weighted by molar-refractivity contribution is 0.358. The van der Waals surface area contributed by atoms with E-state index in [4.69, 9.17) is 16.3 Å². The van der Waals surface area contributed by atoms with Crippen LogP contribution < -0.4 is 4.74 Å². The molecule has 0 aliphatic heterocycles. The van der Waals surface area contributed by atoms with Gasteiger partial charge in [0.15, 0.2) is 0 Å². The van der Waals surface area contributed by atoms with E-state index in [0.717, 1.165) is 0 Å². The van der Waals surface area contributed by atoms with Gasteiger partial charge in [0.1, 0.15) is 18.2 Å². The SMILES string of the molecule is C[Si](C)(C)/C=C/COc1cc(F)c(Cl)cc1Br. The van der Waals surface area contributed by atoms with Crippen molar-refractivity contribution >= 4 is 35.6 Å². The average molecular weight is 338 g/mol. The van der Waals surface area contributed by atoms with E-state index in [1.807, 2.05) is 6.08 Å². The molecule has 1 aromatic carbocycles. The molecular formula is C12H15BrClFOSi. The highest BCUT2D eigenvalue weighted by Gasteiger charge is 2.08. The summed E-state index contributed by atoms with van der Waals surface area (Å²) < 4.78 is 19.3. The molecule has 0 aliphatic carbocycles. The minimum absolute atomic E-state index is 0.0851. The third-order valence-corrected chi connectivity index (χ3v) is 4.07. The maximum atomic E-state index is 13.2. The van der Waals surface area contributed by atoms with Crippen LogP contribution in [0.1, 0.15) is 0 Å². The second-order valence-electron chi connectivity index (χ2n) is 4.78. The molecule has 0 saturated heterocycles. The summed E-state index contributed by atoms with van der Waals surface area (Å²) in [5, 5.41) is 0.0851. The van der Waals surface area contributed by atoms with Crippen LogP contribution in [0, 0.1) is 5.82 Å². The van der Waals surface area contributed by atoms with Crippen molar-refractivity contribution in [3.8, 4) is 5.75 Å². The predicted octanol–water partition coefficient (Wildman–Crippen LogP) is 5.05. The van der Waals surface area contributed by atoms with E-state index >= 15 is 0 Å². The zero-order chi connectivity index (χ0) is 13.1. The molecule has 0 fully saturated rings. The van der Waals surface area contributed by atoms with Crippen LogP contribution in [0.4, 0.5) is 4.39 Å². The monoisotopic (exact) mass is 336 g/mol. The molecule has 0 spiro atoms. The van der Waals surface area contributed by atoms with Gasteiger partial charge in [-0.2, -0.15) is 0 Å². The molecule has 1 aromatic rings. The predicted molar refractivity (Wildman–Crippen MR) is 77.1 cm³/mol. The Hall–Kier alpha value is -0.323. The van der Waals surface area contributed by atoms with Crippen molar-refractivity contribution in [3.63, 3.8) is 0 Å². The summed E-state index contributed by atoms with van der Waals surface area (Å²) in [6.07, 6.45) is 1.98. The molecule has 17 heavy (non-hydrogen) atoms. The van der Waals surface area contributed by atoms with Crippen LogP contribution in [0.5, 0.6) is 5.75 Å². The first-order valence-electron chi connectivity index (χ1n) is 5.24. The molecule has 1 rings (SSSR count). The van der Waals surface area contributed by atoms with E-state index in [0.29, 0.717) is 16.8 Å². The lowest BCUT2D eigenvalue weighted by Gasteiger charge is -2.10. The summed E-state index contributed by atoms with van der Waals surface area (Å²) in [4.78, 5) is 0. The van der Waals surface area contributed by atoms with Gasteiger partial charge in [-0.05, 0) is 22.0 Å². The lowest BCUT2D eigenvalue weighted by Crippen LogP contribution is -2.15. The number of hydrogen-bond donors (Lipinski definition) is 0. The fraction of sp³-hybridized carbons (Fsp3) is 0.333. The number of hydrogen-bond acceptors (Lipinski definition) is 1. The Morgan fingerprint density at radius 3 is 2.65 bits per heavy atom. The third kappa shape index (κ3) is 5.23. The van der Waals surface area contributed by atoms with Crippen molar-refractivity contribution in [3.05, 3.63) is 39.2 Å². The Morgan fingerprint density at radius 1 is 1.41 bits per heavy atom. The second-order valence-corrected chi connectivity index (χ2v) is 11.1. The second kappa shape index (κ2) is 6.02. The fourth-order valence-electron chi connectivity index (χ4n) is 1.15. The van der Waals surface area contributed by atoms with E-state index in [2.05, 4.69) is 41.3 Å². The van der Waals surface area contributed by atoms with Gasteiger partial charge < -0.3 is 4.74 Å². The van der Waals surface area contributed by atoms with Gasteiger partial charge in [0.2, 0.25) is 0 Å². The molecule has 0 radical (unpaired) electrons. The largest absolute Gasteiger partial charge is 0.488 e. The van der Waals surface area contributed by atoms with E-state index in [-0.39, 0.29) is 5.02 Å². The van der Waals surface area contributed by atoms with E-state index in [1.165, 1.54) is 12.1 Å². The maximum Gasteiger partial charge on any atom is 0.145 e. The van der Waals surface area contributed by atoms with Gasteiger partial charge in [-0.3, -0.25) is 0 Å². The molecule has 0 saturated carbocycles. The van der Waals surface area contributed by atoms with Crippen molar-refractivity contribution in [2.45, 2.75) is 19.6 Å². The molecule has 1 nitrogen and oxygen atoms in total. The van der Waals surface area contributed by atoms with Crippen molar-refractivity contribution in [2.24, 2.45) is 0 Å². The van der Waals surface area contributed by atoms with Crippen LogP contribution in [0.25, 0.3) is 0 Å². The van der Waals surface area contributed by atoms with Gasteiger partial charge >= 0.3 is 0 Å². The molecule has 94 valence electrons. The van der Waals surface area contributed by atoms with Crippen molar-refractivity contribution < 1.29 is 9.13 Å². The van der Waals surface area contributed by atoms with E-state index < -0.39 is 13.9 Å². The Labute approximate surface area is 116 Å². The standard InChI is InChI=1S/C12H15BrClFOSi/c1-17(2,3)6-4-5-16-12-8-11(15)10(14)7-9(12)13/h4,6-8H,5H2,1-3H3/b6-4+. The topological polar surface area (TPSA) is 9.23 Å². The first kappa shape index (κ1) is 14.7. The molecular weight excluding hydrogens is 323 g/mol. The molecule has 0 bridgehead atoms. The molecule has 0 N–H and O–H groups in total. The van der Waals surface area contributed by atoms with E-state index in [1.54, 1.807) is 0 Å². The Balaban J connectivity index is 2.64. The van der Waals surface area contributed by atoms with Crippen LogP contribution >= 0.6 is 27.5 Å². The molecule has 0 unspecified atom stereocenters. The first-order chi connectivity index (χ1) is 7.79. The summed E-state index contributed by atoms with van der Waals surface area (Å²) in [6, 6.07) is 2.78. The van der Waals surface area contributed by atoms with Gasteiger partial charge in [-0.1, -0.05) is 43.0 Å². The molecule has 0 atom stereocenters. The van der Waals surface area contributed by atoms with Crippen LogP contribution in [0.3, 0.4) is 0 Å². The Morgan fingerprint density at radius 2 is 2.06 bits per heavy atom. The maximum absolute atomic E-state index is 13.2. The quantitative estimate of drug-likeness (QED) is 0.551. The Kier molecular flexibility index (Phi) is 5.22. The highest BCUT2D eigenvalue weighted by molar-refractivity contribution is 9.10. The van der Waals surface area contributed by atoms with Gasteiger partial charge in [0.25, 0.3) is 0 Å². The molecule has 5 heteroatoms. The summed E-state index contributed by atoms with van der Waals surface area (Å²) in [5.41, 5.74) is 2.19. The molecule has 0 aromatic heterocycles. The van der Waals surface area contributed by atoms with Crippen LogP contribution in [0.15, 0.2) is 28.4 Å². The summed E-state index contributed by atoms with van der Waals surface area (Å²) in [7, 11) is -1.20. The lowest BCUT2D eigenvalue weighted by atomic mass is 10.3. The normalized spacial score (nSPS) is 12.1. The van der Waals surface area contributed by atoms with E-state index in [9.17, 15) is 4.39 Å². The van der Waals surface area contributed by atoms with Gasteiger partial charge in [0, 0.05) is 6.07 Å². The summed E-state index contributed by atoms with van der Waals surface area (Å²) in [5.74, 6) is -0.00818. The highest BCUT2D eigenvalue weighted by atomic mass is 79.9. The fourth-order valence-corrected chi connectivity index (χ4v) is 2.71. The van der Waals surface area contributed by atoms with Crippen molar-refractivity contribution in [1.82, 2.24) is 0 Å². The van der Waals surface area contributed by atoms with Crippen LogP contribution in [-0.2, 0) is 0 Å². The minimum atomic E-state index is -1.20. The van der Waals surface area contributed by atoms with Gasteiger partial charge in [0.05, 0.1) is 17.6 Å². The van der Waals surface area contributed by atoms with Crippen molar-refractivity contribution in [2.75, 3.05) is 6.61 Å². The zero-order valence-corrected chi connectivity index (χ0v) is 13.4. The average Bonchev–Trinajstić information content (AvgIpc) is 2.18. The smallest absolute Gasteiger partial charge is 0.145 e. The number of rotatable bonds is 4. The number of halogens is 3. The minimum Gasteiger partial charge on any atom is -0.488 e. The van der Waals surface area contributed by atoms with Gasteiger partial charge in [-0.25, -0.2) is 4.39 Å². The molecule has 0 amide bonds. The summed E-state index contributed by atoms with van der Waals surface area (Å²) >= 11 is 8.92. The number of ether oxygens (including phenoxy) is 1.